The Morgan fingerprint density at radius 1 is 1.57 bits per heavy atom. The van der Waals surface area contributed by atoms with Gasteiger partial charge in [-0.2, -0.15) is 10.1 Å². The topological polar surface area (TPSA) is 97.3 Å². The summed E-state index contributed by atoms with van der Waals surface area (Å²) in [6.45, 7) is 3.27. The Morgan fingerprint density at radius 3 is 3.14 bits per heavy atom. The average Bonchev–Trinajstić information content (AvgIpc) is 3.07. The Kier molecular flexibility index (Phi) is 3.59. The highest BCUT2D eigenvalue weighted by atomic mass is 16.5. The number of anilines is 1. The number of aryl methyl sites for hydroxylation is 1. The lowest BCUT2D eigenvalue weighted by Crippen LogP contribution is -2.36. The normalized spacial score (nSPS) is 18.9. The smallest absolute Gasteiger partial charge is 0.325 e. The number of aliphatic carboxylic acids is 1. The van der Waals surface area contributed by atoms with Gasteiger partial charge < -0.3 is 14.5 Å². The van der Waals surface area contributed by atoms with Gasteiger partial charge in [0, 0.05) is 37.8 Å². The minimum Gasteiger partial charge on any atom is -0.480 e. The first-order valence-corrected chi connectivity index (χ1v) is 6.92. The summed E-state index contributed by atoms with van der Waals surface area (Å²) in [6, 6.07) is 1.89. The van der Waals surface area contributed by atoms with Crippen LogP contribution in [-0.4, -0.2) is 44.1 Å². The van der Waals surface area contributed by atoms with Crippen molar-refractivity contribution >= 4 is 11.9 Å². The first-order valence-electron chi connectivity index (χ1n) is 6.92. The molecule has 0 spiro atoms. The number of piperidine rings is 1. The molecule has 2 aromatic heterocycles. The highest BCUT2D eigenvalue weighted by molar-refractivity contribution is 5.66. The largest absolute Gasteiger partial charge is 0.480 e. The van der Waals surface area contributed by atoms with Crippen molar-refractivity contribution in [2.75, 3.05) is 18.0 Å². The molecule has 0 radical (unpaired) electrons. The Balaban J connectivity index is 1.77. The van der Waals surface area contributed by atoms with Crippen LogP contribution in [0.4, 0.5) is 5.95 Å². The van der Waals surface area contributed by atoms with Crippen molar-refractivity contribution in [3.05, 3.63) is 23.8 Å². The number of carboxylic acid groups (broad SMARTS) is 1. The van der Waals surface area contributed by atoms with Crippen LogP contribution in [0.25, 0.3) is 0 Å². The molecule has 8 nitrogen and oxygen atoms in total. The van der Waals surface area contributed by atoms with Crippen LogP contribution < -0.4 is 4.90 Å². The Labute approximate surface area is 121 Å². The van der Waals surface area contributed by atoms with Gasteiger partial charge in [-0.1, -0.05) is 0 Å². The standard InChI is InChI=1S/C13H17N5O3/c1-9-15-13(16-21-9)17-6-2-3-10(7-17)11-4-5-14-18(11)8-12(19)20/h4-5,10H,2-3,6-8H2,1H3,(H,19,20). The van der Waals surface area contributed by atoms with Gasteiger partial charge >= 0.3 is 5.97 Å². The van der Waals surface area contributed by atoms with Crippen molar-refractivity contribution in [1.29, 1.82) is 0 Å². The summed E-state index contributed by atoms with van der Waals surface area (Å²) in [6.07, 6.45) is 3.64. The molecule has 8 heteroatoms. The fourth-order valence-corrected chi connectivity index (χ4v) is 2.77. The van der Waals surface area contributed by atoms with E-state index in [-0.39, 0.29) is 12.5 Å². The summed E-state index contributed by atoms with van der Waals surface area (Å²) >= 11 is 0. The number of aromatic nitrogens is 4. The molecule has 1 saturated heterocycles. The number of carbonyl (C=O) groups is 1. The van der Waals surface area contributed by atoms with Crippen LogP contribution in [0.5, 0.6) is 0 Å². The van der Waals surface area contributed by atoms with Crippen LogP contribution in [0.1, 0.15) is 30.3 Å². The molecule has 1 fully saturated rings. The Morgan fingerprint density at radius 2 is 2.43 bits per heavy atom. The van der Waals surface area contributed by atoms with E-state index in [1.54, 1.807) is 17.8 Å². The van der Waals surface area contributed by atoms with E-state index in [0.29, 0.717) is 11.8 Å². The molecule has 1 unspecified atom stereocenters. The van der Waals surface area contributed by atoms with Gasteiger partial charge in [0.15, 0.2) is 0 Å². The minimum atomic E-state index is -0.888. The van der Waals surface area contributed by atoms with Crippen LogP contribution in [0.15, 0.2) is 16.8 Å². The summed E-state index contributed by atoms with van der Waals surface area (Å²) in [5, 5.41) is 17.0. The highest BCUT2D eigenvalue weighted by Crippen LogP contribution is 2.28. The molecule has 21 heavy (non-hydrogen) atoms. The van der Waals surface area contributed by atoms with Crippen molar-refractivity contribution in [2.45, 2.75) is 32.2 Å². The average molecular weight is 291 g/mol. The van der Waals surface area contributed by atoms with E-state index >= 15 is 0 Å². The van der Waals surface area contributed by atoms with Crippen LogP contribution in [0, 0.1) is 6.92 Å². The monoisotopic (exact) mass is 291 g/mol. The molecule has 3 rings (SSSR count). The lowest BCUT2D eigenvalue weighted by atomic mass is 9.95. The fraction of sp³-hybridized carbons (Fsp3) is 0.538. The summed E-state index contributed by atoms with van der Waals surface area (Å²) in [5.41, 5.74) is 0.947. The molecule has 2 aromatic rings. The summed E-state index contributed by atoms with van der Waals surface area (Å²) in [7, 11) is 0. The summed E-state index contributed by atoms with van der Waals surface area (Å²) in [5.74, 6) is 0.477. The van der Waals surface area contributed by atoms with Gasteiger partial charge in [-0.25, -0.2) is 0 Å². The summed E-state index contributed by atoms with van der Waals surface area (Å²) < 4.78 is 6.58. The molecule has 1 aliphatic heterocycles. The first-order chi connectivity index (χ1) is 10.1. The van der Waals surface area contributed by atoms with E-state index in [1.807, 2.05) is 6.07 Å². The Hall–Kier alpha value is -2.38. The SMILES string of the molecule is Cc1nc(N2CCCC(c3ccnn3CC(=O)O)C2)no1. The van der Waals surface area contributed by atoms with E-state index in [0.717, 1.165) is 31.6 Å². The predicted molar refractivity (Wildman–Crippen MR) is 73.1 cm³/mol. The third-order valence-electron chi connectivity index (χ3n) is 3.67. The molecule has 0 bridgehead atoms. The van der Waals surface area contributed by atoms with E-state index in [9.17, 15) is 4.79 Å². The summed E-state index contributed by atoms with van der Waals surface area (Å²) in [4.78, 5) is 17.2. The first kappa shape index (κ1) is 13.6. The van der Waals surface area contributed by atoms with Gasteiger partial charge in [0.1, 0.15) is 6.54 Å². The molecular formula is C13H17N5O3. The number of hydrogen-bond donors (Lipinski definition) is 1. The second-order valence-corrected chi connectivity index (χ2v) is 5.21. The molecule has 1 aliphatic rings. The zero-order chi connectivity index (χ0) is 14.8. The van der Waals surface area contributed by atoms with E-state index in [1.165, 1.54) is 0 Å². The molecule has 0 aliphatic carbocycles. The van der Waals surface area contributed by atoms with Crippen molar-refractivity contribution < 1.29 is 14.4 Å². The maximum atomic E-state index is 10.9. The van der Waals surface area contributed by atoms with Crippen molar-refractivity contribution in [2.24, 2.45) is 0 Å². The second-order valence-electron chi connectivity index (χ2n) is 5.21. The number of carboxylic acids is 1. The maximum Gasteiger partial charge on any atom is 0.325 e. The zero-order valence-electron chi connectivity index (χ0n) is 11.8. The fourth-order valence-electron chi connectivity index (χ4n) is 2.77. The number of nitrogens with zero attached hydrogens (tertiary/aromatic N) is 5. The molecule has 0 saturated carbocycles. The van der Waals surface area contributed by atoms with Crippen LogP contribution in [-0.2, 0) is 11.3 Å². The van der Waals surface area contributed by atoms with Gasteiger partial charge in [-0.15, -0.1) is 0 Å². The zero-order valence-corrected chi connectivity index (χ0v) is 11.8. The van der Waals surface area contributed by atoms with Gasteiger partial charge in [0.2, 0.25) is 5.89 Å². The lowest BCUT2D eigenvalue weighted by Gasteiger charge is -2.31. The molecule has 1 atom stereocenters. The Bertz CT molecular complexity index is 635. The van der Waals surface area contributed by atoms with Crippen LogP contribution in [0.3, 0.4) is 0 Å². The number of hydrogen-bond acceptors (Lipinski definition) is 6. The molecule has 0 aromatic carbocycles. The van der Waals surface area contributed by atoms with Gasteiger partial charge in [-0.05, 0) is 24.1 Å². The van der Waals surface area contributed by atoms with Crippen molar-refractivity contribution in [3.63, 3.8) is 0 Å². The van der Waals surface area contributed by atoms with Crippen molar-refractivity contribution in [1.82, 2.24) is 19.9 Å². The molecule has 0 amide bonds. The third kappa shape index (κ3) is 2.88. The molecule has 112 valence electrons. The van der Waals surface area contributed by atoms with Gasteiger partial charge in [0.25, 0.3) is 5.95 Å². The lowest BCUT2D eigenvalue weighted by molar-refractivity contribution is -0.137. The van der Waals surface area contributed by atoms with E-state index in [2.05, 4.69) is 20.1 Å². The highest BCUT2D eigenvalue weighted by Gasteiger charge is 2.26. The molecule has 1 N–H and O–H groups in total. The maximum absolute atomic E-state index is 10.9. The van der Waals surface area contributed by atoms with Crippen LogP contribution in [0.2, 0.25) is 0 Å². The molecule has 3 heterocycles. The predicted octanol–water partition coefficient (Wildman–Crippen LogP) is 1.04. The number of rotatable bonds is 4. The van der Waals surface area contributed by atoms with Crippen molar-refractivity contribution in [3.8, 4) is 0 Å². The van der Waals surface area contributed by atoms with Gasteiger partial charge in [0.05, 0.1) is 0 Å². The van der Waals surface area contributed by atoms with Crippen LogP contribution >= 0.6 is 0 Å². The minimum absolute atomic E-state index is 0.111. The van der Waals surface area contributed by atoms with Gasteiger partial charge in [-0.3, -0.25) is 9.48 Å². The second kappa shape index (κ2) is 5.55. The molecular weight excluding hydrogens is 274 g/mol. The van der Waals surface area contributed by atoms with E-state index in [4.69, 9.17) is 9.63 Å². The third-order valence-corrected chi connectivity index (χ3v) is 3.67. The quantitative estimate of drug-likeness (QED) is 0.898. The van der Waals surface area contributed by atoms with E-state index < -0.39 is 5.97 Å².